The Kier molecular flexibility index (Phi) is 4.66. The molecule has 1 aromatic rings. The first kappa shape index (κ1) is 15.8. The van der Waals surface area contributed by atoms with Gasteiger partial charge >= 0.3 is 6.61 Å². The third-order valence-corrected chi connectivity index (χ3v) is 2.71. The number of carbonyl (C=O) groups excluding carboxylic acids is 2. The molecule has 1 aromatic carbocycles. The molecule has 2 rings (SSSR count). The molecule has 0 unspecified atom stereocenters. The largest absolute Gasteiger partial charge is 0.435 e. The van der Waals surface area contributed by atoms with Gasteiger partial charge in [0.05, 0.1) is 13.2 Å². The van der Waals surface area contributed by atoms with Gasteiger partial charge < -0.3 is 15.2 Å². The van der Waals surface area contributed by atoms with Gasteiger partial charge in [-0.1, -0.05) is 0 Å². The first-order valence-corrected chi connectivity index (χ1v) is 6.11. The summed E-state index contributed by atoms with van der Waals surface area (Å²) in [4.78, 5) is 24.2. The first-order valence-electron chi connectivity index (χ1n) is 6.11. The molecule has 6 nitrogen and oxygen atoms in total. The van der Waals surface area contributed by atoms with E-state index < -0.39 is 36.6 Å². The lowest BCUT2D eigenvalue weighted by atomic mass is 10.2. The fourth-order valence-electron chi connectivity index (χ4n) is 1.87. The molecule has 118 valence electrons. The van der Waals surface area contributed by atoms with Crippen LogP contribution in [0.1, 0.15) is 0 Å². The maximum atomic E-state index is 13.3. The van der Waals surface area contributed by atoms with E-state index in [1.807, 2.05) is 0 Å². The van der Waals surface area contributed by atoms with Crippen LogP contribution in [0.3, 0.4) is 0 Å². The van der Waals surface area contributed by atoms with E-state index in [9.17, 15) is 22.8 Å². The van der Waals surface area contributed by atoms with Crippen LogP contribution in [0, 0.1) is 5.82 Å². The topological polar surface area (TPSA) is 78.9 Å². The number of β-amino-alcohol motifs (C(OH)–C–C–N with tert-alkyl or cyclic N) is 1. The van der Waals surface area contributed by atoms with Crippen molar-refractivity contribution < 1.29 is 32.6 Å². The SMILES string of the molecule is O=C1C=C(Nc2cc(F)cc(OC(F)F)c2)C(=O)N1CCO. The number of ether oxygens (including phenoxy) is 1. The lowest BCUT2D eigenvalue weighted by molar-refractivity contribution is -0.137. The highest BCUT2D eigenvalue weighted by Crippen LogP contribution is 2.24. The van der Waals surface area contributed by atoms with E-state index in [1.54, 1.807) is 0 Å². The molecule has 0 aliphatic carbocycles. The van der Waals surface area contributed by atoms with E-state index in [-0.39, 0.29) is 17.9 Å². The maximum absolute atomic E-state index is 13.3. The van der Waals surface area contributed by atoms with Gasteiger partial charge in [-0.3, -0.25) is 14.5 Å². The van der Waals surface area contributed by atoms with E-state index in [2.05, 4.69) is 10.1 Å². The van der Waals surface area contributed by atoms with Crippen molar-refractivity contribution in [2.45, 2.75) is 6.61 Å². The molecule has 0 atom stereocenters. The number of rotatable bonds is 6. The average Bonchev–Trinajstić information content (AvgIpc) is 2.65. The smallest absolute Gasteiger partial charge is 0.387 e. The highest BCUT2D eigenvalue weighted by Gasteiger charge is 2.30. The molecular formula is C13H11F3N2O4. The second-order valence-corrected chi connectivity index (χ2v) is 4.26. The normalized spacial score (nSPS) is 14.6. The van der Waals surface area contributed by atoms with Gasteiger partial charge in [0.15, 0.2) is 0 Å². The number of hydrogen-bond acceptors (Lipinski definition) is 5. The van der Waals surface area contributed by atoms with Gasteiger partial charge in [0.1, 0.15) is 17.3 Å². The number of benzene rings is 1. The van der Waals surface area contributed by atoms with Gasteiger partial charge in [-0.05, 0) is 6.07 Å². The fourth-order valence-corrected chi connectivity index (χ4v) is 1.87. The zero-order chi connectivity index (χ0) is 16.3. The number of amides is 2. The van der Waals surface area contributed by atoms with Gasteiger partial charge in [0, 0.05) is 23.9 Å². The second-order valence-electron chi connectivity index (χ2n) is 4.26. The minimum absolute atomic E-state index is 0.0334. The van der Waals surface area contributed by atoms with Crippen molar-refractivity contribution in [1.82, 2.24) is 4.90 Å². The molecule has 0 fully saturated rings. The van der Waals surface area contributed by atoms with E-state index >= 15 is 0 Å². The summed E-state index contributed by atoms with van der Waals surface area (Å²) in [6.45, 7) is -3.70. The van der Waals surface area contributed by atoms with Gasteiger partial charge in [-0.25, -0.2) is 4.39 Å². The Morgan fingerprint density at radius 1 is 1.27 bits per heavy atom. The molecule has 1 heterocycles. The predicted octanol–water partition coefficient (Wildman–Crippen LogP) is 1.08. The van der Waals surface area contributed by atoms with Crippen molar-refractivity contribution >= 4 is 17.5 Å². The van der Waals surface area contributed by atoms with Gasteiger partial charge in [-0.15, -0.1) is 0 Å². The molecular weight excluding hydrogens is 305 g/mol. The standard InChI is InChI=1S/C13H11F3N2O4/c14-7-3-8(5-9(4-7)22-13(15)16)17-10-6-11(20)18(1-2-19)12(10)21/h3-6,13,17,19H,1-2H2. The number of aliphatic hydroxyl groups is 1. The Morgan fingerprint density at radius 2 is 2.00 bits per heavy atom. The van der Waals surface area contributed by atoms with Crippen LogP contribution in [0.2, 0.25) is 0 Å². The molecule has 9 heteroatoms. The molecule has 1 aliphatic rings. The Bertz CT molecular complexity index is 634. The van der Waals surface area contributed by atoms with Crippen LogP contribution >= 0.6 is 0 Å². The van der Waals surface area contributed by atoms with Crippen LogP contribution in [0.25, 0.3) is 0 Å². The van der Waals surface area contributed by atoms with Crippen LogP contribution in [0.4, 0.5) is 18.9 Å². The molecule has 2 amide bonds. The summed E-state index contributed by atoms with van der Waals surface area (Å²) in [5.41, 5.74) is -0.194. The Labute approximate surface area is 122 Å². The molecule has 0 saturated heterocycles. The Morgan fingerprint density at radius 3 is 2.64 bits per heavy atom. The minimum Gasteiger partial charge on any atom is -0.435 e. The third-order valence-electron chi connectivity index (χ3n) is 2.71. The summed E-state index contributed by atoms with van der Waals surface area (Å²) in [7, 11) is 0. The maximum Gasteiger partial charge on any atom is 0.387 e. The highest BCUT2D eigenvalue weighted by molar-refractivity contribution is 6.17. The summed E-state index contributed by atoms with van der Waals surface area (Å²) in [6, 6.07) is 2.76. The van der Waals surface area contributed by atoms with Gasteiger partial charge in [0.25, 0.3) is 11.8 Å². The molecule has 0 aromatic heterocycles. The zero-order valence-electron chi connectivity index (χ0n) is 11.1. The lowest BCUT2D eigenvalue weighted by Gasteiger charge is -2.14. The second kappa shape index (κ2) is 6.48. The number of alkyl halides is 2. The van der Waals surface area contributed by atoms with E-state index in [0.29, 0.717) is 0 Å². The van der Waals surface area contributed by atoms with Crippen molar-refractivity contribution in [2.24, 2.45) is 0 Å². The van der Waals surface area contributed by atoms with Crippen LogP contribution < -0.4 is 10.1 Å². The fraction of sp³-hybridized carbons (Fsp3) is 0.231. The molecule has 2 N–H and O–H groups in total. The van der Waals surface area contributed by atoms with E-state index in [4.69, 9.17) is 5.11 Å². The van der Waals surface area contributed by atoms with Crippen LogP contribution in [0.5, 0.6) is 5.75 Å². The third kappa shape index (κ3) is 3.55. The number of imide groups is 1. The number of halogens is 3. The van der Waals surface area contributed by atoms with Crippen LogP contribution in [0.15, 0.2) is 30.0 Å². The number of anilines is 1. The zero-order valence-corrected chi connectivity index (χ0v) is 11.1. The number of carbonyl (C=O) groups is 2. The summed E-state index contributed by atoms with van der Waals surface area (Å²) >= 11 is 0. The highest BCUT2D eigenvalue weighted by atomic mass is 19.3. The molecule has 0 spiro atoms. The van der Waals surface area contributed by atoms with Crippen LogP contribution in [-0.2, 0) is 9.59 Å². The quantitative estimate of drug-likeness (QED) is 0.768. The molecule has 0 saturated carbocycles. The average molecular weight is 316 g/mol. The Hall–Kier alpha value is -2.55. The predicted molar refractivity (Wildman–Crippen MR) is 68.5 cm³/mol. The summed E-state index contributed by atoms with van der Waals surface area (Å²) < 4.78 is 41.7. The van der Waals surface area contributed by atoms with Crippen molar-refractivity contribution in [3.63, 3.8) is 0 Å². The number of nitrogens with zero attached hydrogens (tertiary/aromatic N) is 1. The first-order chi connectivity index (χ1) is 10.4. The van der Waals surface area contributed by atoms with Crippen molar-refractivity contribution in [3.05, 3.63) is 35.8 Å². The molecule has 0 radical (unpaired) electrons. The number of nitrogens with one attached hydrogen (secondary N) is 1. The Balaban J connectivity index is 2.17. The lowest BCUT2D eigenvalue weighted by Crippen LogP contribution is -2.34. The number of aliphatic hydroxyl groups excluding tert-OH is 1. The van der Waals surface area contributed by atoms with Gasteiger partial charge in [-0.2, -0.15) is 8.78 Å². The summed E-state index contributed by atoms with van der Waals surface area (Å²) in [5, 5.41) is 11.2. The van der Waals surface area contributed by atoms with Crippen molar-refractivity contribution in [2.75, 3.05) is 18.5 Å². The van der Waals surface area contributed by atoms with E-state index in [0.717, 1.165) is 29.2 Å². The molecule has 1 aliphatic heterocycles. The summed E-state index contributed by atoms with van der Waals surface area (Å²) in [5.74, 6) is -2.63. The molecule has 0 bridgehead atoms. The van der Waals surface area contributed by atoms with Crippen LogP contribution in [-0.4, -0.2) is 41.6 Å². The monoisotopic (exact) mass is 316 g/mol. The van der Waals surface area contributed by atoms with E-state index in [1.165, 1.54) is 0 Å². The number of hydrogen-bond donors (Lipinski definition) is 2. The summed E-state index contributed by atoms with van der Waals surface area (Å²) in [6.07, 6.45) is 0.969. The van der Waals surface area contributed by atoms with Gasteiger partial charge in [0.2, 0.25) is 0 Å². The minimum atomic E-state index is -3.12. The van der Waals surface area contributed by atoms with Crippen molar-refractivity contribution in [1.29, 1.82) is 0 Å². The molecule has 22 heavy (non-hydrogen) atoms. The van der Waals surface area contributed by atoms with Crippen molar-refractivity contribution in [3.8, 4) is 5.75 Å².